The molecule has 1 rings (SSSR count). The maximum absolute atomic E-state index is 5.98. The van der Waals surface area contributed by atoms with Gasteiger partial charge in [0.1, 0.15) is 0 Å². The summed E-state index contributed by atoms with van der Waals surface area (Å²) in [5, 5.41) is 4.17. The van der Waals surface area contributed by atoms with Gasteiger partial charge >= 0.3 is 0 Å². The minimum atomic E-state index is 0.821. The Kier molecular flexibility index (Phi) is 26.5. The Bertz CT molecular complexity index is 445. The first-order chi connectivity index (χ1) is 16.4. The summed E-state index contributed by atoms with van der Waals surface area (Å²) in [5.74, 6) is 1.90. The topological polar surface area (TPSA) is 18.5 Å². The van der Waals surface area contributed by atoms with Crippen molar-refractivity contribution in [3.05, 3.63) is 23.9 Å². The molecule has 0 fully saturated rings. The minimum Gasteiger partial charge on any atom is -0.489 e. The highest BCUT2D eigenvalue weighted by Gasteiger charge is 2.06. The Hall–Kier alpha value is -0.960. The fourth-order valence-corrected chi connectivity index (χ4v) is 4.71. The molecule has 194 valence electrons. The number of ether oxygens (including phenoxy) is 2. The molecule has 0 saturated heterocycles. The summed E-state index contributed by atoms with van der Waals surface area (Å²) < 4.78 is 12.0. The van der Waals surface area contributed by atoms with Crippen molar-refractivity contribution in [1.82, 2.24) is 0 Å². The molecule has 0 aliphatic rings. The van der Waals surface area contributed by atoms with Crippen LogP contribution in [0.4, 0.5) is 0 Å². The summed E-state index contributed by atoms with van der Waals surface area (Å²) in [6.45, 7) is 12.2. The van der Waals surface area contributed by atoms with Crippen LogP contribution in [0.2, 0.25) is 0 Å². The first kappa shape index (κ1) is 32.0. The first-order valence-electron chi connectivity index (χ1n) is 14.2. The van der Waals surface area contributed by atoms with E-state index in [1.165, 1.54) is 116 Å². The van der Waals surface area contributed by atoms with Crippen molar-refractivity contribution >= 4 is 11.3 Å². The zero-order valence-corrected chi connectivity index (χ0v) is 23.2. The fraction of sp³-hybridized carbons (Fsp3) is 0.800. The molecule has 0 unspecified atom stereocenters. The first-order valence-corrected chi connectivity index (χ1v) is 15.1. The highest BCUT2D eigenvalue weighted by atomic mass is 32.1. The predicted octanol–water partition coefficient (Wildman–Crippen LogP) is 11.1. The van der Waals surface area contributed by atoms with Gasteiger partial charge in [-0.05, 0) is 12.8 Å². The Balaban J connectivity index is 0.00000497. The molecule has 3 heteroatoms. The molecule has 0 atom stereocenters. The van der Waals surface area contributed by atoms with Crippen molar-refractivity contribution < 1.29 is 9.47 Å². The summed E-state index contributed by atoms with van der Waals surface area (Å²) in [4.78, 5) is 0. The lowest BCUT2D eigenvalue weighted by molar-refractivity contribution is 0.260. The smallest absolute Gasteiger partial charge is 0.171 e. The van der Waals surface area contributed by atoms with Crippen LogP contribution in [-0.4, -0.2) is 13.2 Å². The molecule has 0 aromatic carbocycles. The largest absolute Gasteiger partial charge is 0.489 e. The van der Waals surface area contributed by atoms with E-state index in [1.807, 2.05) is 0 Å². The van der Waals surface area contributed by atoms with Gasteiger partial charge in [0.15, 0.2) is 11.5 Å². The zero-order valence-electron chi connectivity index (χ0n) is 22.4. The molecule has 1 heterocycles. The van der Waals surface area contributed by atoms with Gasteiger partial charge in [0.2, 0.25) is 0 Å². The minimum absolute atomic E-state index is 0.821. The summed E-state index contributed by atoms with van der Waals surface area (Å²) in [6, 6.07) is 0. The molecule has 0 radical (unpaired) electrons. The monoisotopic (exact) mass is 480 g/mol. The number of rotatable bonds is 24. The molecule has 0 aliphatic carbocycles. The van der Waals surface area contributed by atoms with Crippen LogP contribution in [0.5, 0.6) is 11.5 Å². The van der Waals surface area contributed by atoms with Crippen LogP contribution in [0, 0.1) is 0 Å². The van der Waals surface area contributed by atoms with Crippen molar-refractivity contribution in [2.75, 3.05) is 13.2 Å². The average molecular weight is 481 g/mol. The van der Waals surface area contributed by atoms with E-state index in [0.29, 0.717) is 0 Å². The van der Waals surface area contributed by atoms with Crippen LogP contribution >= 0.6 is 11.3 Å². The molecule has 2 nitrogen and oxygen atoms in total. The van der Waals surface area contributed by atoms with Crippen LogP contribution in [0.25, 0.3) is 0 Å². The molecular weight excluding hydrogens is 424 g/mol. The van der Waals surface area contributed by atoms with Crippen molar-refractivity contribution in [3.63, 3.8) is 0 Å². The normalized spacial score (nSPS) is 10.6. The Morgan fingerprint density at radius 2 is 0.758 bits per heavy atom. The third-order valence-corrected chi connectivity index (χ3v) is 6.80. The fourth-order valence-electron chi connectivity index (χ4n) is 4.03. The second-order valence-electron chi connectivity index (χ2n) is 9.16. The Morgan fingerprint density at radius 1 is 0.485 bits per heavy atom. The van der Waals surface area contributed by atoms with E-state index in [1.54, 1.807) is 11.3 Å². The van der Waals surface area contributed by atoms with Gasteiger partial charge in [-0.3, -0.25) is 0 Å². The number of unbranched alkanes of at least 4 members (excludes halogenated alkanes) is 18. The van der Waals surface area contributed by atoms with Crippen LogP contribution in [0.3, 0.4) is 0 Å². The third-order valence-electron chi connectivity index (χ3n) is 6.10. The van der Waals surface area contributed by atoms with E-state index in [-0.39, 0.29) is 0 Å². The van der Waals surface area contributed by atoms with Gasteiger partial charge in [-0.25, -0.2) is 0 Å². The Labute approximate surface area is 211 Å². The number of hydrogen-bond acceptors (Lipinski definition) is 3. The number of thiophene rings is 1. The van der Waals surface area contributed by atoms with Crippen molar-refractivity contribution in [3.8, 4) is 11.5 Å². The molecular formula is C30H56O2S. The summed E-state index contributed by atoms with van der Waals surface area (Å²) >= 11 is 1.68. The predicted molar refractivity (Wildman–Crippen MR) is 150 cm³/mol. The van der Waals surface area contributed by atoms with Crippen LogP contribution in [-0.2, 0) is 0 Å². The standard InChI is InChI=1S/C28H52O2S.C2H4/c1-3-5-7-9-11-13-15-17-19-21-23-29-27-25-31-26-28(27)30-24-22-20-18-16-14-12-10-8-6-4-2;1-2/h25-26H,3-24H2,1-2H3;1-2H2. The summed E-state index contributed by atoms with van der Waals surface area (Å²) in [7, 11) is 0. The molecule has 0 bridgehead atoms. The SMILES string of the molecule is C=C.CCCCCCCCCCCCOc1cscc1OCCCCCCCCCCCC. The molecule has 0 saturated carbocycles. The molecule has 0 N–H and O–H groups in total. The van der Waals surface area contributed by atoms with Gasteiger partial charge < -0.3 is 9.47 Å². The molecule has 0 amide bonds. The van der Waals surface area contributed by atoms with Gasteiger partial charge in [0, 0.05) is 10.8 Å². The second kappa shape index (κ2) is 27.3. The highest BCUT2D eigenvalue weighted by molar-refractivity contribution is 7.08. The van der Waals surface area contributed by atoms with Gasteiger partial charge in [0.25, 0.3) is 0 Å². The van der Waals surface area contributed by atoms with E-state index >= 15 is 0 Å². The van der Waals surface area contributed by atoms with Gasteiger partial charge in [-0.2, -0.15) is 0 Å². The van der Waals surface area contributed by atoms with E-state index < -0.39 is 0 Å². The van der Waals surface area contributed by atoms with E-state index in [2.05, 4.69) is 37.8 Å². The van der Waals surface area contributed by atoms with E-state index in [0.717, 1.165) is 37.6 Å². The third kappa shape index (κ3) is 21.3. The molecule has 0 aliphatic heterocycles. The molecule has 0 spiro atoms. The van der Waals surface area contributed by atoms with Crippen LogP contribution < -0.4 is 9.47 Å². The maximum Gasteiger partial charge on any atom is 0.171 e. The van der Waals surface area contributed by atoms with E-state index in [4.69, 9.17) is 9.47 Å². The Morgan fingerprint density at radius 3 is 1.06 bits per heavy atom. The maximum atomic E-state index is 5.98. The van der Waals surface area contributed by atoms with Crippen molar-refractivity contribution in [2.24, 2.45) is 0 Å². The lowest BCUT2D eigenvalue weighted by Crippen LogP contribution is -2.01. The quantitative estimate of drug-likeness (QED) is 0.108. The zero-order chi connectivity index (χ0) is 24.2. The van der Waals surface area contributed by atoms with E-state index in [9.17, 15) is 0 Å². The van der Waals surface area contributed by atoms with Crippen LogP contribution in [0.1, 0.15) is 142 Å². The van der Waals surface area contributed by atoms with Gasteiger partial charge in [0.05, 0.1) is 13.2 Å². The lowest BCUT2D eigenvalue weighted by atomic mass is 10.1. The highest BCUT2D eigenvalue weighted by Crippen LogP contribution is 2.32. The van der Waals surface area contributed by atoms with Crippen LogP contribution in [0.15, 0.2) is 23.9 Å². The van der Waals surface area contributed by atoms with Gasteiger partial charge in [-0.15, -0.1) is 24.5 Å². The molecule has 1 aromatic heterocycles. The summed E-state index contributed by atoms with van der Waals surface area (Å²) in [6.07, 6.45) is 27.2. The van der Waals surface area contributed by atoms with Crippen molar-refractivity contribution in [1.29, 1.82) is 0 Å². The second-order valence-corrected chi connectivity index (χ2v) is 9.90. The van der Waals surface area contributed by atoms with Crippen molar-refractivity contribution in [2.45, 2.75) is 142 Å². The average Bonchev–Trinajstić information content (AvgIpc) is 3.29. The number of hydrogen-bond donors (Lipinski definition) is 0. The lowest BCUT2D eigenvalue weighted by Gasteiger charge is -2.09. The molecule has 1 aromatic rings. The summed E-state index contributed by atoms with van der Waals surface area (Å²) in [5.41, 5.74) is 0. The van der Waals surface area contributed by atoms with Gasteiger partial charge in [-0.1, -0.05) is 129 Å². The molecule has 33 heavy (non-hydrogen) atoms.